The van der Waals surface area contributed by atoms with Crippen molar-refractivity contribution in [2.75, 3.05) is 13.6 Å². The number of carbonyl (C=O) groups is 1. The van der Waals surface area contributed by atoms with Gasteiger partial charge < -0.3 is 5.32 Å². The molecule has 2 rings (SSSR count). The summed E-state index contributed by atoms with van der Waals surface area (Å²) in [6.45, 7) is 7.74. The number of sulfonamides is 1. The van der Waals surface area contributed by atoms with Crippen molar-refractivity contribution in [2.45, 2.75) is 45.1 Å². The Kier molecular flexibility index (Phi) is 6.78. The molecule has 0 heterocycles. The summed E-state index contributed by atoms with van der Waals surface area (Å²) in [7, 11) is -2.28. The number of nitrogens with zero attached hydrogens (tertiary/aromatic N) is 1. The number of rotatable bonds is 7. The molecule has 0 aromatic heterocycles. The zero-order chi connectivity index (χ0) is 20.2. The summed E-state index contributed by atoms with van der Waals surface area (Å²) in [5.41, 5.74) is 4.37. The third-order valence-corrected chi connectivity index (χ3v) is 6.59. The Morgan fingerprint density at radius 3 is 2.22 bits per heavy atom. The topological polar surface area (TPSA) is 66.5 Å². The van der Waals surface area contributed by atoms with Gasteiger partial charge in [0.05, 0.1) is 17.5 Å². The van der Waals surface area contributed by atoms with Crippen molar-refractivity contribution >= 4 is 15.9 Å². The summed E-state index contributed by atoms with van der Waals surface area (Å²) < 4.78 is 26.3. The molecule has 2 aromatic rings. The van der Waals surface area contributed by atoms with Gasteiger partial charge in [-0.25, -0.2) is 8.42 Å². The molecule has 2 aromatic carbocycles. The van der Waals surface area contributed by atoms with E-state index in [0.29, 0.717) is 0 Å². The highest BCUT2D eigenvalue weighted by molar-refractivity contribution is 7.89. The Balaban J connectivity index is 2.08. The monoisotopic (exact) mass is 388 g/mol. The maximum Gasteiger partial charge on any atom is 0.243 e. The Bertz CT molecular complexity index is 906. The van der Waals surface area contributed by atoms with Gasteiger partial charge in [-0.3, -0.25) is 4.79 Å². The second-order valence-corrected chi connectivity index (χ2v) is 8.99. The summed E-state index contributed by atoms with van der Waals surface area (Å²) >= 11 is 0. The molecule has 1 amide bonds. The van der Waals surface area contributed by atoms with E-state index in [1.54, 1.807) is 24.3 Å². The van der Waals surface area contributed by atoms with E-state index in [9.17, 15) is 13.2 Å². The quantitative estimate of drug-likeness (QED) is 0.789. The molecule has 0 aliphatic heterocycles. The Morgan fingerprint density at radius 2 is 1.67 bits per heavy atom. The Morgan fingerprint density at radius 1 is 1.04 bits per heavy atom. The Labute approximate surface area is 162 Å². The van der Waals surface area contributed by atoms with Crippen molar-refractivity contribution in [3.8, 4) is 0 Å². The maximum absolute atomic E-state index is 12.6. The second kappa shape index (κ2) is 8.67. The molecular formula is C21H28N2O3S. The minimum absolute atomic E-state index is 0.146. The largest absolute Gasteiger partial charge is 0.348 e. The first-order valence-corrected chi connectivity index (χ1v) is 10.5. The lowest BCUT2D eigenvalue weighted by Gasteiger charge is -2.21. The van der Waals surface area contributed by atoms with Crippen LogP contribution in [0.3, 0.4) is 0 Å². The van der Waals surface area contributed by atoms with Crippen LogP contribution >= 0.6 is 0 Å². The lowest BCUT2D eigenvalue weighted by Crippen LogP contribution is -2.39. The van der Waals surface area contributed by atoms with Crippen LogP contribution in [0.2, 0.25) is 0 Å². The van der Waals surface area contributed by atoms with Crippen LogP contribution in [-0.4, -0.2) is 32.2 Å². The van der Waals surface area contributed by atoms with Crippen molar-refractivity contribution < 1.29 is 13.2 Å². The summed E-state index contributed by atoms with van der Waals surface area (Å²) in [6, 6.07) is 12.6. The molecule has 5 nitrogen and oxygen atoms in total. The van der Waals surface area contributed by atoms with Gasteiger partial charge in [-0.15, -0.1) is 0 Å². The number of amides is 1. The first kappa shape index (κ1) is 21.1. The molecule has 0 unspecified atom stereocenters. The molecule has 0 saturated heterocycles. The van der Waals surface area contributed by atoms with Gasteiger partial charge in [0.2, 0.25) is 15.9 Å². The number of hydrogen-bond donors (Lipinski definition) is 1. The van der Waals surface area contributed by atoms with Gasteiger partial charge in [-0.1, -0.05) is 42.8 Å². The normalized spacial score (nSPS) is 12.8. The van der Waals surface area contributed by atoms with E-state index < -0.39 is 10.0 Å². The molecule has 1 N–H and O–H groups in total. The fourth-order valence-corrected chi connectivity index (χ4v) is 3.95. The smallest absolute Gasteiger partial charge is 0.243 e. The van der Waals surface area contributed by atoms with Crippen molar-refractivity contribution in [3.63, 3.8) is 0 Å². The maximum atomic E-state index is 12.6. The number of likely N-dealkylation sites (N-methyl/N-ethyl adjacent to an activating group) is 1. The zero-order valence-electron chi connectivity index (χ0n) is 16.6. The van der Waals surface area contributed by atoms with Crippen LogP contribution in [0, 0.1) is 20.8 Å². The van der Waals surface area contributed by atoms with Gasteiger partial charge in [0.15, 0.2) is 0 Å². The molecule has 0 fully saturated rings. The summed E-state index contributed by atoms with van der Waals surface area (Å²) in [6.07, 6.45) is 0.725. The van der Waals surface area contributed by atoms with Gasteiger partial charge in [0, 0.05) is 7.05 Å². The third-order valence-electron chi connectivity index (χ3n) is 4.77. The van der Waals surface area contributed by atoms with Gasteiger partial charge in [-0.2, -0.15) is 4.31 Å². The molecule has 146 valence electrons. The Hall–Kier alpha value is -2.18. The van der Waals surface area contributed by atoms with Crippen LogP contribution in [0.5, 0.6) is 0 Å². The first-order chi connectivity index (χ1) is 12.6. The second-order valence-electron chi connectivity index (χ2n) is 6.95. The standard InChI is InChI=1S/C21H28N2O3S/c1-6-20(18-10-9-16(3)17(4)13-18)22-21(24)14-23(5)27(25,26)19-11-7-15(2)8-12-19/h7-13,20H,6,14H2,1-5H3,(H,22,24)/t20-/m1/s1. The van der Waals surface area contributed by atoms with Crippen LogP contribution in [0.4, 0.5) is 0 Å². The van der Waals surface area contributed by atoms with E-state index in [1.165, 1.54) is 18.2 Å². The van der Waals surface area contributed by atoms with E-state index in [1.807, 2.05) is 39.8 Å². The number of carbonyl (C=O) groups excluding carboxylic acids is 1. The first-order valence-electron chi connectivity index (χ1n) is 9.04. The van der Waals surface area contributed by atoms with Gasteiger partial charge in [-0.05, 0) is 56.0 Å². The number of hydrogen-bond acceptors (Lipinski definition) is 3. The molecule has 0 bridgehead atoms. The molecule has 0 spiro atoms. The fraction of sp³-hybridized carbons (Fsp3) is 0.381. The van der Waals surface area contributed by atoms with Gasteiger partial charge in [0.25, 0.3) is 0 Å². The average Bonchev–Trinajstić information content (AvgIpc) is 2.62. The minimum atomic E-state index is -3.70. The minimum Gasteiger partial charge on any atom is -0.348 e. The molecule has 0 radical (unpaired) electrons. The average molecular weight is 389 g/mol. The molecule has 0 aliphatic rings. The molecular weight excluding hydrogens is 360 g/mol. The third kappa shape index (κ3) is 5.17. The number of nitrogens with one attached hydrogen (secondary N) is 1. The molecule has 0 aliphatic carbocycles. The van der Waals surface area contributed by atoms with Gasteiger partial charge in [0.1, 0.15) is 0 Å². The molecule has 1 atom stereocenters. The van der Waals surface area contributed by atoms with Crippen molar-refractivity contribution in [2.24, 2.45) is 0 Å². The van der Waals surface area contributed by atoms with E-state index in [-0.39, 0.29) is 23.4 Å². The number of benzene rings is 2. The number of aryl methyl sites for hydroxylation is 3. The predicted molar refractivity (Wildman–Crippen MR) is 108 cm³/mol. The van der Waals surface area contributed by atoms with E-state index in [0.717, 1.165) is 21.9 Å². The summed E-state index contributed by atoms with van der Waals surface area (Å²) in [5.74, 6) is -0.321. The van der Waals surface area contributed by atoms with Crippen LogP contribution in [0.25, 0.3) is 0 Å². The van der Waals surface area contributed by atoms with Crippen molar-refractivity contribution in [3.05, 3.63) is 64.7 Å². The zero-order valence-corrected chi connectivity index (χ0v) is 17.4. The SMILES string of the molecule is CC[C@@H](NC(=O)CN(C)S(=O)(=O)c1ccc(C)cc1)c1ccc(C)c(C)c1. The molecule has 0 saturated carbocycles. The van der Waals surface area contributed by atoms with E-state index in [2.05, 4.69) is 11.4 Å². The predicted octanol–water partition coefficient (Wildman–Crippen LogP) is 3.50. The van der Waals surface area contributed by atoms with Crippen LogP contribution < -0.4 is 5.32 Å². The summed E-state index contributed by atoms with van der Waals surface area (Å²) in [4.78, 5) is 12.6. The highest BCUT2D eigenvalue weighted by atomic mass is 32.2. The van der Waals surface area contributed by atoms with Gasteiger partial charge >= 0.3 is 0 Å². The van der Waals surface area contributed by atoms with Crippen molar-refractivity contribution in [1.29, 1.82) is 0 Å². The fourth-order valence-electron chi connectivity index (χ4n) is 2.82. The lowest BCUT2D eigenvalue weighted by molar-refractivity contribution is -0.121. The summed E-state index contributed by atoms with van der Waals surface area (Å²) in [5, 5.41) is 2.95. The van der Waals surface area contributed by atoms with Crippen LogP contribution in [0.1, 0.15) is 41.6 Å². The molecule has 6 heteroatoms. The highest BCUT2D eigenvalue weighted by Gasteiger charge is 2.24. The van der Waals surface area contributed by atoms with Crippen LogP contribution in [0.15, 0.2) is 47.4 Å². The molecule has 27 heavy (non-hydrogen) atoms. The van der Waals surface area contributed by atoms with Crippen LogP contribution in [-0.2, 0) is 14.8 Å². The van der Waals surface area contributed by atoms with E-state index in [4.69, 9.17) is 0 Å². The van der Waals surface area contributed by atoms with Crippen molar-refractivity contribution in [1.82, 2.24) is 9.62 Å². The lowest BCUT2D eigenvalue weighted by atomic mass is 9.99. The van der Waals surface area contributed by atoms with E-state index >= 15 is 0 Å². The highest BCUT2D eigenvalue weighted by Crippen LogP contribution is 2.20.